The lowest BCUT2D eigenvalue weighted by molar-refractivity contribution is -0.884. The standard InChI is InChI=1S/C23H19N3O4/c1-12(27)13-6-8-15(9-7-13)26-22(29)17-18(23(26)30)20(21(24)28)25-11-10-14-4-2-3-5-16(14)19(17)25/h2-11,17-20H,1H3,(H2,24,28)/p+1/t17-,18+,19+,20-/m0/s1. The number of benzene rings is 2. The van der Waals surface area contributed by atoms with Crippen LogP contribution in [0.3, 0.4) is 0 Å². The fourth-order valence-corrected chi connectivity index (χ4v) is 5.18. The molecule has 2 aromatic rings. The molecule has 3 heterocycles. The summed E-state index contributed by atoms with van der Waals surface area (Å²) < 4.78 is 0. The smallest absolute Gasteiger partial charge is 0.277 e. The number of carbonyl (C=O) groups is 4. The first-order chi connectivity index (χ1) is 14.4. The molecule has 2 fully saturated rings. The Morgan fingerprint density at radius 1 is 0.967 bits per heavy atom. The molecule has 150 valence electrons. The highest BCUT2D eigenvalue weighted by Gasteiger charge is 2.67. The monoisotopic (exact) mass is 402 g/mol. The normalized spacial score (nSPS) is 28.8. The van der Waals surface area contributed by atoms with Gasteiger partial charge < -0.3 is 5.73 Å². The molecule has 2 aromatic carbocycles. The van der Waals surface area contributed by atoms with Crippen LogP contribution in [0.2, 0.25) is 0 Å². The molecule has 0 aromatic heterocycles. The minimum Gasteiger partial charge on any atom is -0.364 e. The largest absolute Gasteiger partial charge is 0.364 e. The molecule has 3 amide bonds. The van der Waals surface area contributed by atoms with Crippen molar-refractivity contribution >= 4 is 35.3 Å². The molecular weight excluding hydrogens is 382 g/mol. The molecule has 0 radical (unpaired) electrons. The molecule has 7 nitrogen and oxygen atoms in total. The summed E-state index contributed by atoms with van der Waals surface area (Å²) in [6, 6.07) is 12.9. The highest BCUT2D eigenvalue weighted by molar-refractivity contribution is 6.23. The third kappa shape index (κ3) is 2.42. The number of Topliss-reactive ketones (excluding diaryl/α,β-unsaturated/α-hetero) is 1. The SMILES string of the molecule is CC(=O)c1ccc(N2C(=O)[C@@H]3[C@H](C2=O)[C@H]2c4ccccc4C=C[NH+]2[C@@H]3C(N)=O)cc1. The van der Waals surface area contributed by atoms with Crippen LogP contribution < -0.4 is 15.5 Å². The molecule has 7 heteroatoms. The topological polar surface area (TPSA) is 102 Å². The van der Waals surface area contributed by atoms with Gasteiger partial charge >= 0.3 is 0 Å². The van der Waals surface area contributed by atoms with Gasteiger partial charge in [-0.15, -0.1) is 0 Å². The number of primary amides is 1. The summed E-state index contributed by atoms with van der Waals surface area (Å²) in [4.78, 5) is 52.7. The Hall–Kier alpha value is -3.58. The summed E-state index contributed by atoms with van der Waals surface area (Å²) in [6.07, 6.45) is 3.75. The maximum Gasteiger partial charge on any atom is 0.277 e. The molecule has 5 rings (SSSR count). The molecule has 3 aliphatic rings. The van der Waals surface area contributed by atoms with Crippen LogP contribution in [0.5, 0.6) is 0 Å². The number of carbonyl (C=O) groups excluding carboxylic acids is 4. The number of hydrogen-bond acceptors (Lipinski definition) is 4. The van der Waals surface area contributed by atoms with Gasteiger partial charge in [0.2, 0.25) is 11.8 Å². The Balaban J connectivity index is 1.60. The lowest BCUT2D eigenvalue weighted by Gasteiger charge is -2.30. The van der Waals surface area contributed by atoms with Gasteiger partial charge in [-0.1, -0.05) is 24.3 Å². The van der Waals surface area contributed by atoms with E-state index in [0.29, 0.717) is 11.3 Å². The van der Waals surface area contributed by atoms with Crippen molar-refractivity contribution in [2.75, 3.05) is 4.90 Å². The number of nitrogens with one attached hydrogen (secondary N) is 1. The third-order valence-corrected chi connectivity index (χ3v) is 6.46. The number of hydrogen-bond donors (Lipinski definition) is 2. The van der Waals surface area contributed by atoms with Gasteiger partial charge in [0.15, 0.2) is 11.8 Å². The quantitative estimate of drug-likeness (QED) is 0.576. The summed E-state index contributed by atoms with van der Waals surface area (Å²) in [5.74, 6) is -2.95. The zero-order valence-electron chi connectivity index (χ0n) is 16.2. The van der Waals surface area contributed by atoms with Gasteiger partial charge in [0, 0.05) is 11.1 Å². The molecular formula is C23H20N3O4+. The third-order valence-electron chi connectivity index (χ3n) is 6.46. The summed E-state index contributed by atoms with van der Waals surface area (Å²) in [7, 11) is 0. The Morgan fingerprint density at radius 2 is 1.63 bits per heavy atom. The van der Waals surface area contributed by atoms with Crippen LogP contribution in [-0.4, -0.2) is 29.5 Å². The molecule has 5 atom stereocenters. The van der Waals surface area contributed by atoms with Crippen molar-refractivity contribution < 1.29 is 24.1 Å². The molecule has 30 heavy (non-hydrogen) atoms. The minimum atomic E-state index is -0.821. The lowest BCUT2D eigenvalue weighted by Crippen LogP contribution is -3.12. The first kappa shape index (κ1) is 18.4. The van der Waals surface area contributed by atoms with Crippen LogP contribution >= 0.6 is 0 Å². The van der Waals surface area contributed by atoms with Crippen molar-refractivity contribution in [3.63, 3.8) is 0 Å². The predicted molar refractivity (Wildman–Crippen MR) is 108 cm³/mol. The van der Waals surface area contributed by atoms with E-state index < -0.39 is 29.7 Å². The van der Waals surface area contributed by atoms with E-state index in [9.17, 15) is 19.2 Å². The van der Waals surface area contributed by atoms with E-state index in [1.54, 1.807) is 24.3 Å². The van der Waals surface area contributed by atoms with Crippen LogP contribution in [0.25, 0.3) is 6.08 Å². The van der Waals surface area contributed by atoms with Gasteiger partial charge in [0.05, 0.1) is 11.9 Å². The van der Waals surface area contributed by atoms with Crippen LogP contribution in [0.15, 0.2) is 54.7 Å². The minimum absolute atomic E-state index is 0.101. The average molecular weight is 402 g/mol. The van der Waals surface area contributed by atoms with Crippen molar-refractivity contribution in [2.24, 2.45) is 17.6 Å². The number of imide groups is 1. The van der Waals surface area contributed by atoms with E-state index in [1.807, 2.05) is 36.5 Å². The molecule has 2 saturated heterocycles. The first-order valence-corrected chi connectivity index (χ1v) is 9.82. The first-order valence-electron chi connectivity index (χ1n) is 9.82. The number of nitrogens with zero attached hydrogens (tertiary/aromatic N) is 1. The van der Waals surface area contributed by atoms with E-state index >= 15 is 0 Å². The number of fused-ring (bicyclic) bond motifs is 5. The zero-order chi connectivity index (χ0) is 21.2. The molecule has 0 spiro atoms. The van der Waals surface area contributed by atoms with Crippen molar-refractivity contribution in [3.05, 3.63) is 71.4 Å². The number of nitrogens with two attached hydrogens (primary N) is 1. The molecule has 0 aliphatic carbocycles. The van der Waals surface area contributed by atoms with Gasteiger partial charge in [0.25, 0.3) is 5.91 Å². The van der Waals surface area contributed by atoms with Crippen molar-refractivity contribution in [1.29, 1.82) is 0 Å². The number of rotatable bonds is 3. The number of quaternary nitrogens is 1. The van der Waals surface area contributed by atoms with Gasteiger partial charge in [-0.3, -0.25) is 24.1 Å². The fraction of sp³-hybridized carbons (Fsp3) is 0.217. The van der Waals surface area contributed by atoms with E-state index in [-0.39, 0.29) is 17.7 Å². The summed E-state index contributed by atoms with van der Waals surface area (Å²) in [6.45, 7) is 1.45. The molecule has 0 bridgehead atoms. The maximum atomic E-state index is 13.5. The number of amides is 3. The fourth-order valence-electron chi connectivity index (χ4n) is 5.18. The van der Waals surface area contributed by atoms with E-state index in [0.717, 1.165) is 20.9 Å². The Kier molecular flexibility index (Phi) is 3.98. The Labute approximate surface area is 172 Å². The predicted octanol–water partition coefficient (Wildman–Crippen LogP) is 0.473. The van der Waals surface area contributed by atoms with Gasteiger partial charge in [-0.25, -0.2) is 4.90 Å². The summed E-state index contributed by atoms with van der Waals surface area (Å²) >= 11 is 0. The second-order valence-electron chi connectivity index (χ2n) is 7.99. The van der Waals surface area contributed by atoms with E-state index in [1.165, 1.54) is 6.92 Å². The highest BCUT2D eigenvalue weighted by Crippen LogP contribution is 2.44. The second kappa shape index (κ2) is 6.47. The van der Waals surface area contributed by atoms with Gasteiger partial charge in [0.1, 0.15) is 17.9 Å². The van der Waals surface area contributed by atoms with Gasteiger partial charge in [-0.2, -0.15) is 0 Å². The highest BCUT2D eigenvalue weighted by atomic mass is 16.2. The van der Waals surface area contributed by atoms with Crippen LogP contribution in [0.1, 0.15) is 34.5 Å². The summed E-state index contributed by atoms with van der Waals surface area (Å²) in [5.41, 5.74) is 8.51. The number of ketones is 1. The Morgan fingerprint density at radius 3 is 2.30 bits per heavy atom. The van der Waals surface area contributed by atoms with E-state index in [4.69, 9.17) is 5.73 Å². The van der Waals surface area contributed by atoms with Crippen molar-refractivity contribution in [1.82, 2.24) is 0 Å². The molecule has 0 saturated carbocycles. The van der Waals surface area contributed by atoms with Crippen molar-refractivity contribution in [2.45, 2.75) is 19.0 Å². The van der Waals surface area contributed by atoms with Crippen molar-refractivity contribution in [3.8, 4) is 0 Å². The molecule has 1 unspecified atom stereocenters. The second-order valence-corrected chi connectivity index (χ2v) is 7.99. The number of anilines is 1. The molecule has 3 aliphatic heterocycles. The van der Waals surface area contributed by atoms with E-state index in [2.05, 4.69) is 0 Å². The molecule has 3 N–H and O–H groups in total. The Bertz CT molecular complexity index is 1140. The average Bonchev–Trinajstić information content (AvgIpc) is 3.21. The van der Waals surface area contributed by atoms with Crippen LogP contribution in [-0.2, 0) is 14.4 Å². The summed E-state index contributed by atoms with van der Waals surface area (Å²) in [5, 5.41) is 0. The maximum absolute atomic E-state index is 13.5. The van der Waals surface area contributed by atoms with Gasteiger partial charge in [-0.05, 0) is 42.8 Å². The van der Waals surface area contributed by atoms with Crippen LogP contribution in [0.4, 0.5) is 5.69 Å². The van der Waals surface area contributed by atoms with Crippen LogP contribution in [0, 0.1) is 11.8 Å². The zero-order valence-corrected chi connectivity index (χ0v) is 16.2. The lowest BCUT2D eigenvalue weighted by atomic mass is 9.84.